The van der Waals surface area contributed by atoms with Crippen LogP contribution >= 0.6 is 11.6 Å². The van der Waals surface area contributed by atoms with Crippen molar-refractivity contribution in [1.82, 2.24) is 5.32 Å². The molecule has 5 nitrogen and oxygen atoms in total. The molecule has 128 valence electrons. The summed E-state index contributed by atoms with van der Waals surface area (Å²) in [6.07, 6.45) is 2.06. The van der Waals surface area contributed by atoms with Crippen molar-refractivity contribution >= 4 is 23.2 Å². The van der Waals surface area contributed by atoms with Crippen LogP contribution in [-0.4, -0.2) is 43.4 Å². The predicted octanol–water partition coefficient (Wildman–Crippen LogP) is 2.44. The number of aliphatic hydroxyl groups is 1. The zero-order valence-corrected chi connectivity index (χ0v) is 14.2. The lowest BCUT2D eigenvalue weighted by atomic mass is 9.81. The lowest BCUT2D eigenvalue weighted by Gasteiger charge is -2.36. The third kappa shape index (κ3) is 5.77. The topological polar surface area (TPSA) is 70.6 Å². The average molecular weight is 341 g/mol. The van der Waals surface area contributed by atoms with Gasteiger partial charge in [0.2, 0.25) is 5.91 Å². The highest BCUT2D eigenvalue weighted by Crippen LogP contribution is 2.29. The third-order valence-corrected chi connectivity index (χ3v) is 4.55. The Bertz CT molecular complexity index is 518. The average Bonchev–Trinajstić information content (AvgIpc) is 2.54. The SMILES string of the molecule is CC(CC(=O)Nc1cccc(Cl)c1)NCC1(CO)CCOCC1. The van der Waals surface area contributed by atoms with Gasteiger partial charge in [-0.15, -0.1) is 0 Å². The van der Waals surface area contributed by atoms with Gasteiger partial charge in [-0.25, -0.2) is 0 Å². The van der Waals surface area contributed by atoms with E-state index in [0.717, 1.165) is 12.8 Å². The van der Waals surface area contributed by atoms with Crippen molar-refractivity contribution in [2.75, 3.05) is 31.7 Å². The van der Waals surface area contributed by atoms with Crippen LogP contribution in [0.25, 0.3) is 0 Å². The molecule has 0 radical (unpaired) electrons. The molecule has 1 aliphatic heterocycles. The van der Waals surface area contributed by atoms with Crippen molar-refractivity contribution in [1.29, 1.82) is 0 Å². The molecule has 1 fully saturated rings. The van der Waals surface area contributed by atoms with Crippen LogP contribution < -0.4 is 10.6 Å². The Morgan fingerprint density at radius 1 is 1.43 bits per heavy atom. The van der Waals surface area contributed by atoms with Gasteiger partial charge < -0.3 is 20.5 Å². The number of hydrogen-bond donors (Lipinski definition) is 3. The number of amides is 1. The van der Waals surface area contributed by atoms with Crippen molar-refractivity contribution in [2.24, 2.45) is 5.41 Å². The summed E-state index contributed by atoms with van der Waals surface area (Å²) >= 11 is 5.90. The molecule has 0 aromatic heterocycles. The first-order chi connectivity index (χ1) is 11.0. The molecule has 23 heavy (non-hydrogen) atoms. The number of nitrogens with one attached hydrogen (secondary N) is 2. The summed E-state index contributed by atoms with van der Waals surface area (Å²) < 4.78 is 5.36. The smallest absolute Gasteiger partial charge is 0.225 e. The van der Waals surface area contributed by atoms with Gasteiger partial charge in [-0.2, -0.15) is 0 Å². The molecule has 1 unspecified atom stereocenters. The first-order valence-corrected chi connectivity index (χ1v) is 8.38. The number of aliphatic hydroxyl groups excluding tert-OH is 1. The molecule has 1 heterocycles. The van der Waals surface area contributed by atoms with E-state index in [4.69, 9.17) is 16.3 Å². The zero-order chi connectivity index (χ0) is 16.7. The molecule has 2 rings (SSSR count). The van der Waals surface area contributed by atoms with Crippen molar-refractivity contribution < 1.29 is 14.6 Å². The Kier molecular flexibility index (Phi) is 6.84. The lowest BCUT2D eigenvalue weighted by Crippen LogP contribution is -2.45. The van der Waals surface area contributed by atoms with Crippen LogP contribution in [0.1, 0.15) is 26.2 Å². The Morgan fingerprint density at radius 3 is 2.83 bits per heavy atom. The fourth-order valence-corrected chi connectivity index (χ4v) is 2.90. The second-order valence-electron chi connectivity index (χ2n) is 6.32. The molecule has 6 heteroatoms. The molecule has 0 spiro atoms. The number of rotatable bonds is 7. The largest absolute Gasteiger partial charge is 0.396 e. The van der Waals surface area contributed by atoms with Gasteiger partial charge >= 0.3 is 0 Å². The van der Waals surface area contributed by atoms with E-state index in [1.54, 1.807) is 18.2 Å². The number of halogens is 1. The Hall–Kier alpha value is -1.14. The second kappa shape index (κ2) is 8.64. The van der Waals surface area contributed by atoms with Crippen LogP contribution in [0, 0.1) is 5.41 Å². The first kappa shape index (κ1) is 18.2. The number of ether oxygens (including phenoxy) is 1. The maximum Gasteiger partial charge on any atom is 0.225 e. The van der Waals surface area contributed by atoms with E-state index < -0.39 is 0 Å². The van der Waals surface area contributed by atoms with Gasteiger partial charge in [0, 0.05) is 48.3 Å². The van der Waals surface area contributed by atoms with E-state index in [1.807, 2.05) is 13.0 Å². The van der Waals surface area contributed by atoms with Gasteiger partial charge in [-0.3, -0.25) is 4.79 Å². The normalized spacial score (nSPS) is 18.4. The molecule has 0 aliphatic carbocycles. The summed E-state index contributed by atoms with van der Waals surface area (Å²) in [5.41, 5.74) is 0.571. The van der Waals surface area contributed by atoms with E-state index in [9.17, 15) is 9.90 Å². The second-order valence-corrected chi connectivity index (χ2v) is 6.75. The van der Waals surface area contributed by atoms with Crippen molar-refractivity contribution in [3.8, 4) is 0 Å². The minimum Gasteiger partial charge on any atom is -0.396 e. The van der Waals surface area contributed by atoms with E-state index in [2.05, 4.69) is 10.6 Å². The maximum atomic E-state index is 12.1. The molecule has 1 atom stereocenters. The first-order valence-electron chi connectivity index (χ1n) is 8.00. The summed E-state index contributed by atoms with van der Waals surface area (Å²) in [7, 11) is 0. The van der Waals surface area contributed by atoms with Gasteiger partial charge in [-0.05, 0) is 38.0 Å². The molecule has 1 amide bonds. The van der Waals surface area contributed by atoms with Crippen molar-refractivity contribution in [3.63, 3.8) is 0 Å². The summed E-state index contributed by atoms with van der Waals surface area (Å²) in [6, 6.07) is 7.13. The third-order valence-electron chi connectivity index (χ3n) is 4.31. The standard InChI is InChI=1S/C17H25ClN2O3/c1-13(19-11-17(12-21)5-7-23-8-6-17)9-16(22)20-15-4-2-3-14(18)10-15/h2-4,10,13,19,21H,5-9,11-12H2,1H3,(H,20,22). The summed E-state index contributed by atoms with van der Waals surface area (Å²) in [6.45, 7) is 4.18. The molecule has 0 saturated carbocycles. The Morgan fingerprint density at radius 2 is 2.17 bits per heavy atom. The van der Waals surface area contributed by atoms with E-state index in [-0.39, 0.29) is 24.0 Å². The quantitative estimate of drug-likeness (QED) is 0.713. The van der Waals surface area contributed by atoms with Crippen LogP contribution in [0.4, 0.5) is 5.69 Å². The predicted molar refractivity (Wildman–Crippen MR) is 91.7 cm³/mol. The number of carbonyl (C=O) groups excluding carboxylic acids is 1. The van der Waals surface area contributed by atoms with Gasteiger partial charge in [-0.1, -0.05) is 17.7 Å². The van der Waals surface area contributed by atoms with E-state index >= 15 is 0 Å². The van der Waals surface area contributed by atoms with Gasteiger partial charge in [0.25, 0.3) is 0 Å². The highest BCUT2D eigenvalue weighted by atomic mass is 35.5. The molecule has 1 saturated heterocycles. The van der Waals surface area contributed by atoms with E-state index in [0.29, 0.717) is 36.9 Å². The molecule has 0 bridgehead atoms. The number of carbonyl (C=O) groups is 1. The van der Waals surface area contributed by atoms with Gasteiger partial charge in [0.15, 0.2) is 0 Å². The maximum absolute atomic E-state index is 12.1. The summed E-state index contributed by atoms with van der Waals surface area (Å²) in [5, 5.41) is 16.5. The van der Waals surface area contributed by atoms with Gasteiger partial charge in [0.1, 0.15) is 0 Å². The highest BCUT2D eigenvalue weighted by Gasteiger charge is 2.32. The van der Waals surface area contributed by atoms with E-state index in [1.165, 1.54) is 0 Å². The van der Waals surface area contributed by atoms with Crippen molar-refractivity contribution in [2.45, 2.75) is 32.2 Å². The minimum absolute atomic E-state index is 0.0282. The zero-order valence-electron chi connectivity index (χ0n) is 13.5. The highest BCUT2D eigenvalue weighted by molar-refractivity contribution is 6.30. The molecule has 1 aromatic carbocycles. The van der Waals surface area contributed by atoms with Crippen LogP contribution in [0.2, 0.25) is 5.02 Å². The molecule has 3 N–H and O–H groups in total. The minimum atomic E-state index is -0.129. The fourth-order valence-electron chi connectivity index (χ4n) is 2.71. The molecular formula is C17H25ClN2O3. The van der Waals surface area contributed by atoms with Crippen LogP contribution in [0.3, 0.4) is 0 Å². The molecular weight excluding hydrogens is 316 g/mol. The fraction of sp³-hybridized carbons (Fsp3) is 0.588. The van der Waals surface area contributed by atoms with Gasteiger partial charge in [0.05, 0.1) is 6.61 Å². The van der Waals surface area contributed by atoms with Crippen LogP contribution in [0.15, 0.2) is 24.3 Å². The van der Waals surface area contributed by atoms with Crippen LogP contribution in [-0.2, 0) is 9.53 Å². The summed E-state index contributed by atoms with van der Waals surface area (Å²) in [5.74, 6) is -0.0581. The number of hydrogen-bond acceptors (Lipinski definition) is 4. The number of anilines is 1. The monoisotopic (exact) mass is 340 g/mol. The molecule has 1 aromatic rings. The number of benzene rings is 1. The Labute approximate surface area is 142 Å². The van der Waals surface area contributed by atoms with Crippen molar-refractivity contribution in [3.05, 3.63) is 29.3 Å². The molecule has 1 aliphatic rings. The van der Waals surface area contributed by atoms with Crippen LogP contribution in [0.5, 0.6) is 0 Å². The summed E-state index contributed by atoms with van der Waals surface area (Å²) in [4.78, 5) is 12.1. The lowest BCUT2D eigenvalue weighted by molar-refractivity contribution is -0.116. The Balaban J connectivity index is 1.77.